The second kappa shape index (κ2) is 7.04. The van der Waals surface area contributed by atoms with Gasteiger partial charge in [-0.25, -0.2) is 4.98 Å². The molecule has 7 heteroatoms. The van der Waals surface area contributed by atoms with Crippen LogP contribution in [-0.4, -0.2) is 34.0 Å². The fourth-order valence-electron chi connectivity index (χ4n) is 1.98. The highest BCUT2D eigenvalue weighted by molar-refractivity contribution is 7.99. The molecule has 1 amide bonds. The highest BCUT2D eigenvalue weighted by Gasteiger charge is 2.17. The SMILES string of the molecule is COc1ccc(C(C)(C)C)cc1NC(=O)CSc1n[nH]c(C)n1. The van der Waals surface area contributed by atoms with Crippen molar-refractivity contribution in [3.05, 3.63) is 29.6 Å². The van der Waals surface area contributed by atoms with E-state index in [1.54, 1.807) is 7.11 Å². The average molecular weight is 334 g/mol. The Hall–Kier alpha value is -2.02. The predicted octanol–water partition coefficient (Wildman–Crippen LogP) is 3.15. The van der Waals surface area contributed by atoms with Crippen molar-refractivity contribution in [3.63, 3.8) is 0 Å². The highest BCUT2D eigenvalue weighted by atomic mass is 32.2. The van der Waals surface area contributed by atoms with Gasteiger partial charge in [-0.2, -0.15) is 0 Å². The molecule has 0 aliphatic carbocycles. The number of carbonyl (C=O) groups is 1. The number of benzene rings is 1. The maximum absolute atomic E-state index is 12.2. The van der Waals surface area contributed by atoms with Gasteiger partial charge in [0, 0.05) is 0 Å². The summed E-state index contributed by atoms with van der Waals surface area (Å²) >= 11 is 1.29. The summed E-state index contributed by atoms with van der Waals surface area (Å²) in [6.07, 6.45) is 0. The zero-order chi connectivity index (χ0) is 17.0. The molecular formula is C16H22N4O2S. The third-order valence-corrected chi connectivity index (χ3v) is 4.10. The number of hydrogen-bond donors (Lipinski definition) is 2. The number of aromatic amines is 1. The van der Waals surface area contributed by atoms with Crippen LogP contribution in [-0.2, 0) is 10.2 Å². The highest BCUT2D eigenvalue weighted by Crippen LogP contribution is 2.31. The van der Waals surface area contributed by atoms with Gasteiger partial charge in [-0.15, -0.1) is 5.10 Å². The fourth-order valence-corrected chi connectivity index (χ4v) is 2.62. The second-order valence-electron chi connectivity index (χ2n) is 6.21. The van der Waals surface area contributed by atoms with E-state index in [4.69, 9.17) is 4.74 Å². The molecule has 0 radical (unpaired) electrons. The standard InChI is InChI=1S/C16H22N4O2S/c1-10-17-15(20-19-10)23-9-14(21)18-12-8-11(16(2,3)4)6-7-13(12)22-5/h6-8H,9H2,1-5H3,(H,18,21)(H,17,19,20). The third-order valence-electron chi connectivity index (χ3n) is 3.25. The predicted molar refractivity (Wildman–Crippen MR) is 92.2 cm³/mol. The van der Waals surface area contributed by atoms with E-state index < -0.39 is 0 Å². The molecule has 0 bridgehead atoms. The molecule has 0 saturated heterocycles. The Morgan fingerprint density at radius 2 is 2.13 bits per heavy atom. The quantitative estimate of drug-likeness (QED) is 0.821. The number of methoxy groups -OCH3 is 1. The van der Waals surface area contributed by atoms with Gasteiger partial charge in [-0.3, -0.25) is 9.89 Å². The number of rotatable bonds is 5. The number of aryl methyl sites for hydroxylation is 1. The number of nitrogens with zero attached hydrogens (tertiary/aromatic N) is 2. The Kier molecular flexibility index (Phi) is 5.30. The lowest BCUT2D eigenvalue weighted by atomic mass is 9.87. The van der Waals surface area contributed by atoms with Crippen LogP contribution in [0, 0.1) is 6.92 Å². The van der Waals surface area contributed by atoms with Crippen molar-refractivity contribution in [2.24, 2.45) is 0 Å². The van der Waals surface area contributed by atoms with Crippen molar-refractivity contribution in [2.75, 3.05) is 18.2 Å². The lowest BCUT2D eigenvalue weighted by Crippen LogP contribution is -2.17. The molecule has 1 heterocycles. The van der Waals surface area contributed by atoms with Gasteiger partial charge in [0.15, 0.2) is 0 Å². The van der Waals surface area contributed by atoms with E-state index in [0.717, 1.165) is 11.4 Å². The maximum atomic E-state index is 12.2. The topological polar surface area (TPSA) is 79.9 Å². The molecule has 1 aromatic heterocycles. The van der Waals surface area contributed by atoms with Crippen molar-refractivity contribution in [1.29, 1.82) is 0 Å². The number of carbonyl (C=O) groups excluding carboxylic acids is 1. The first kappa shape index (κ1) is 17.3. The van der Waals surface area contributed by atoms with Gasteiger partial charge in [0.05, 0.1) is 18.6 Å². The normalized spacial score (nSPS) is 11.3. The van der Waals surface area contributed by atoms with Crippen molar-refractivity contribution >= 4 is 23.4 Å². The zero-order valence-electron chi connectivity index (χ0n) is 14.1. The molecule has 0 aliphatic rings. The van der Waals surface area contributed by atoms with Crippen LogP contribution in [0.1, 0.15) is 32.2 Å². The van der Waals surface area contributed by atoms with E-state index in [0.29, 0.717) is 16.6 Å². The molecule has 0 aliphatic heterocycles. The molecule has 0 atom stereocenters. The zero-order valence-corrected chi connectivity index (χ0v) is 14.9. The molecule has 0 unspecified atom stereocenters. The molecule has 2 N–H and O–H groups in total. The smallest absolute Gasteiger partial charge is 0.234 e. The van der Waals surface area contributed by atoms with E-state index in [9.17, 15) is 4.79 Å². The Morgan fingerprint density at radius 1 is 1.39 bits per heavy atom. The van der Waals surface area contributed by atoms with Gasteiger partial charge < -0.3 is 10.1 Å². The van der Waals surface area contributed by atoms with Gasteiger partial charge in [0.1, 0.15) is 11.6 Å². The number of H-pyrrole nitrogens is 1. The number of ether oxygens (including phenoxy) is 1. The first-order valence-electron chi connectivity index (χ1n) is 7.30. The van der Waals surface area contributed by atoms with Crippen LogP contribution in [0.15, 0.2) is 23.4 Å². The summed E-state index contributed by atoms with van der Waals surface area (Å²) in [7, 11) is 1.59. The number of hydrogen-bond acceptors (Lipinski definition) is 5. The number of nitrogens with one attached hydrogen (secondary N) is 2. The fraction of sp³-hybridized carbons (Fsp3) is 0.438. The molecule has 124 valence electrons. The van der Waals surface area contributed by atoms with Crippen molar-refractivity contribution in [1.82, 2.24) is 15.2 Å². The van der Waals surface area contributed by atoms with E-state index in [2.05, 4.69) is 41.3 Å². The Labute approximate surface area is 140 Å². The van der Waals surface area contributed by atoms with Gasteiger partial charge in [-0.05, 0) is 30.0 Å². The summed E-state index contributed by atoms with van der Waals surface area (Å²) in [5.41, 5.74) is 1.80. The number of aromatic nitrogens is 3. The monoisotopic (exact) mass is 334 g/mol. The number of anilines is 1. The number of amides is 1. The summed E-state index contributed by atoms with van der Waals surface area (Å²) in [6.45, 7) is 8.20. The van der Waals surface area contributed by atoms with Crippen LogP contribution < -0.4 is 10.1 Å². The van der Waals surface area contributed by atoms with Crippen LogP contribution in [0.4, 0.5) is 5.69 Å². The van der Waals surface area contributed by atoms with Crippen LogP contribution in [0.25, 0.3) is 0 Å². The van der Waals surface area contributed by atoms with E-state index in [1.807, 2.05) is 25.1 Å². The van der Waals surface area contributed by atoms with Crippen LogP contribution in [0.2, 0.25) is 0 Å². The van der Waals surface area contributed by atoms with E-state index >= 15 is 0 Å². The Bertz CT molecular complexity index is 692. The summed E-state index contributed by atoms with van der Waals surface area (Å²) in [5, 5.41) is 10.2. The molecule has 0 saturated carbocycles. The second-order valence-corrected chi connectivity index (χ2v) is 7.15. The molecule has 0 spiro atoms. The summed E-state index contributed by atoms with van der Waals surface area (Å²) < 4.78 is 5.33. The van der Waals surface area contributed by atoms with Crippen LogP contribution in [0.5, 0.6) is 5.75 Å². The maximum Gasteiger partial charge on any atom is 0.234 e. The van der Waals surface area contributed by atoms with Gasteiger partial charge in [-0.1, -0.05) is 38.6 Å². The van der Waals surface area contributed by atoms with Crippen LogP contribution >= 0.6 is 11.8 Å². The van der Waals surface area contributed by atoms with Crippen molar-refractivity contribution < 1.29 is 9.53 Å². The van der Waals surface area contributed by atoms with Crippen molar-refractivity contribution in [2.45, 2.75) is 38.3 Å². The van der Waals surface area contributed by atoms with Gasteiger partial charge >= 0.3 is 0 Å². The summed E-state index contributed by atoms with van der Waals surface area (Å²) in [6, 6.07) is 5.85. The molecule has 1 aromatic carbocycles. The van der Waals surface area contributed by atoms with Gasteiger partial charge in [0.25, 0.3) is 0 Å². The summed E-state index contributed by atoms with van der Waals surface area (Å²) in [4.78, 5) is 16.3. The molecule has 2 rings (SSSR count). The lowest BCUT2D eigenvalue weighted by molar-refractivity contribution is -0.113. The molecule has 6 nitrogen and oxygen atoms in total. The largest absolute Gasteiger partial charge is 0.495 e. The van der Waals surface area contributed by atoms with E-state index in [1.165, 1.54) is 11.8 Å². The minimum Gasteiger partial charge on any atom is -0.495 e. The minimum atomic E-state index is -0.123. The molecule has 23 heavy (non-hydrogen) atoms. The number of thioether (sulfide) groups is 1. The molecular weight excluding hydrogens is 312 g/mol. The first-order valence-corrected chi connectivity index (χ1v) is 8.28. The Balaban J connectivity index is 2.06. The average Bonchev–Trinajstić information content (AvgIpc) is 2.90. The Morgan fingerprint density at radius 3 is 2.70 bits per heavy atom. The van der Waals surface area contributed by atoms with Crippen molar-refractivity contribution in [3.8, 4) is 5.75 Å². The third kappa shape index (κ3) is 4.72. The lowest BCUT2D eigenvalue weighted by Gasteiger charge is -2.21. The van der Waals surface area contributed by atoms with Gasteiger partial charge in [0.2, 0.25) is 11.1 Å². The minimum absolute atomic E-state index is 0.00299. The molecule has 2 aromatic rings. The molecule has 0 fully saturated rings. The summed E-state index contributed by atoms with van der Waals surface area (Å²) in [5.74, 6) is 1.49. The first-order chi connectivity index (χ1) is 10.8. The van der Waals surface area contributed by atoms with E-state index in [-0.39, 0.29) is 17.1 Å². The van der Waals surface area contributed by atoms with Crippen LogP contribution in [0.3, 0.4) is 0 Å².